The van der Waals surface area contributed by atoms with E-state index >= 15 is 0 Å². The number of H-pyrrole nitrogens is 1. The van der Waals surface area contributed by atoms with Gasteiger partial charge in [-0.2, -0.15) is 5.10 Å². The van der Waals surface area contributed by atoms with Crippen molar-refractivity contribution in [2.24, 2.45) is 0 Å². The molecule has 19 heavy (non-hydrogen) atoms. The first kappa shape index (κ1) is 14.1. The number of nitrogens with one attached hydrogen (secondary N) is 1. The molecule has 0 spiro atoms. The third kappa shape index (κ3) is 3.80. The van der Waals surface area contributed by atoms with Crippen LogP contribution in [0.3, 0.4) is 0 Å². The van der Waals surface area contributed by atoms with E-state index < -0.39 is 0 Å². The van der Waals surface area contributed by atoms with Crippen LogP contribution in [0.1, 0.15) is 17.3 Å². The van der Waals surface area contributed by atoms with Crippen molar-refractivity contribution >= 4 is 11.6 Å². The Morgan fingerprint density at radius 3 is 2.63 bits per heavy atom. The molecular formula is C14H18ClN3O. The van der Waals surface area contributed by atoms with Gasteiger partial charge in [-0.1, -0.05) is 23.7 Å². The highest BCUT2D eigenvalue weighted by Gasteiger charge is 2.17. The van der Waals surface area contributed by atoms with E-state index in [1.165, 1.54) is 5.56 Å². The van der Waals surface area contributed by atoms with E-state index in [2.05, 4.69) is 22.1 Å². The first-order valence-corrected chi connectivity index (χ1v) is 6.51. The number of aromatic amines is 1. The average Bonchev–Trinajstić information content (AvgIpc) is 2.90. The SMILES string of the molecule is COC[C@@H](c1ccc(Cl)cc1)N(C)Cc1ccn[nH]1. The maximum atomic E-state index is 5.93. The summed E-state index contributed by atoms with van der Waals surface area (Å²) >= 11 is 5.93. The van der Waals surface area contributed by atoms with Gasteiger partial charge in [-0.15, -0.1) is 0 Å². The van der Waals surface area contributed by atoms with Crippen molar-refractivity contribution in [3.8, 4) is 0 Å². The Kier molecular flexibility index (Phi) is 4.96. The van der Waals surface area contributed by atoms with Crippen LogP contribution in [0.4, 0.5) is 0 Å². The van der Waals surface area contributed by atoms with Gasteiger partial charge in [-0.25, -0.2) is 0 Å². The summed E-state index contributed by atoms with van der Waals surface area (Å²) in [5.74, 6) is 0. The number of methoxy groups -OCH3 is 1. The van der Waals surface area contributed by atoms with Gasteiger partial charge in [0.25, 0.3) is 0 Å². The summed E-state index contributed by atoms with van der Waals surface area (Å²) in [5, 5.41) is 7.68. The zero-order chi connectivity index (χ0) is 13.7. The molecule has 0 saturated carbocycles. The summed E-state index contributed by atoms with van der Waals surface area (Å²) in [4.78, 5) is 2.22. The molecule has 5 heteroatoms. The lowest BCUT2D eigenvalue weighted by molar-refractivity contribution is 0.102. The number of likely N-dealkylation sites (N-methyl/N-ethyl adjacent to an activating group) is 1. The van der Waals surface area contributed by atoms with Crippen molar-refractivity contribution < 1.29 is 4.74 Å². The molecule has 0 aliphatic rings. The summed E-state index contributed by atoms with van der Waals surface area (Å²) < 4.78 is 5.33. The number of rotatable bonds is 6. The van der Waals surface area contributed by atoms with E-state index in [4.69, 9.17) is 16.3 Å². The van der Waals surface area contributed by atoms with E-state index in [1.54, 1.807) is 13.3 Å². The molecule has 0 amide bonds. The van der Waals surface area contributed by atoms with Gasteiger partial charge in [0.05, 0.1) is 12.6 Å². The lowest BCUT2D eigenvalue weighted by Crippen LogP contribution is -2.27. The number of nitrogens with zero attached hydrogens (tertiary/aromatic N) is 2. The third-order valence-electron chi connectivity index (χ3n) is 3.09. The average molecular weight is 280 g/mol. The predicted molar refractivity (Wildman–Crippen MR) is 76.1 cm³/mol. The molecule has 0 saturated heterocycles. The quantitative estimate of drug-likeness (QED) is 0.884. The molecule has 0 fully saturated rings. The Hall–Kier alpha value is -1.36. The summed E-state index contributed by atoms with van der Waals surface area (Å²) in [6, 6.07) is 10.0. The van der Waals surface area contributed by atoms with Gasteiger partial charge < -0.3 is 4.74 Å². The van der Waals surface area contributed by atoms with Crippen LogP contribution in [0.5, 0.6) is 0 Å². The molecular weight excluding hydrogens is 262 g/mol. The number of aromatic nitrogens is 2. The number of hydrogen-bond acceptors (Lipinski definition) is 3. The Labute approximate surface area is 118 Å². The van der Waals surface area contributed by atoms with Crippen molar-refractivity contribution in [2.75, 3.05) is 20.8 Å². The molecule has 0 aliphatic heterocycles. The Morgan fingerprint density at radius 1 is 1.32 bits per heavy atom. The van der Waals surface area contributed by atoms with Crippen LogP contribution < -0.4 is 0 Å². The maximum Gasteiger partial charge on any atom is 0.0659 e. The molecule has 4 nitrogen and oxygen atoms in total. The molecule has 102 valence electrons. The van der Waals surface area contributed by atoms with E-state index in [-0.39, 0.29) is 6.04 Å². The largest absolute Gasteiger partial charge is 0.383 e. The number of hydrogen-bond donors (Lipinski definition) is 1. The van der Waals surface area contributed by atoms with Crippen molar-refractivity contribution in [1.82, 2.24) is 15.1 Å². The fourth-order valence-electron chi connectivity index (χ4n) is 2.07. The van der Waals surface area contributed by atoms with Crippen LogP contribution in [-0.4, -0.2) is 35.9 Å². The lowest BCUT2D eigenvalue weighted by atomic mass is 10.1. The standard InChI is InChI=1S/C14H18ClN3O/c1-18(9-13-7-8-16-17-13)14(10-19-2)11-3-5-12(15)6-4-11/h3-8,14H,9-10H2,1-2H3,(H,16,17)/t14-/m0/s1. The molecule has 0 aliphatic carbocycles. The molecule has 1 N–H and O–H groups in total. The second kappa shape index (κ2) is 6.70. The molecule has 0 unspecified atom stereocenters. The topological polar surface area (TPSA) is 41.1 Å². The van der Waals surface area contributed by atoms with Crippen molar-refractivity contribution in [3.63, 3.8) is 0 Å². The number of benzene rings is 1. The van der Waals surface area contributed by atoms with E-state index in [9.17, 15) is 0 Å². The molecule has 0 bridgehead atoms. The van der Waals surface area contributed by atoms with Gasteiger partial charge in [-0.05, 0) is 30.8 Å². The van der Waals surface area contributed by atoms with Crippen LogP contribution in [-0.2, 0) is 11.3 Å². The highest BCUT2D eigenvalue weighted by Crippen LogP contribution is 2.22. The minimum atomic E-state index is 0.186. The third-order valence-corrected chi connectivity index (χ3v) is 3.34. The summed E-state index contributed by atoms with van der Waals surface area (Å²) in [5.41, 5.74) is 2.27. The fourth-order valence-corrected chi connectivity index (χ4v) is 2.20. The van der Waals surface area contributed by atoms with E-state index in [0.29, 0.717) is 6.61 Å². The predicted octanol–water partition coefficient (Wildman–Crippen LogP) is 2.88. The Bertz CT molecular complexity index is 484. The number of halogens is 1. The highest BCUT2D eigenvalue weighted by atomic mass is 35.5. The summed E-state index contributed by atoms with van der Waals surface area (Å²) in [7, 11) is 3.78. The second-order valence-electron chi connectivity index (χ2n) is 4.52. The van der Waals surface area contributed by atoms with Gasteiger partial charge in [0, 0.05) is 30.6 Å². The second-order valence-corrected chi connectivity index (χ2v) is 4.96. The molecule has 2 aromatic rings. The summed E-state index contributed by atoms with van der Waals surface area (Å²) in [6.45, 7) is 1.42. The zero-order valence-corrected chi connectivity index (χ0v) is 11.9. The first-order chi connectivity index (χ1) is 9.20. The van der Waals surface area contributed by atoms with Crippen LogP contribution in [0.2, 0.25) is 5.02 Å². The minimum absolute atomic E-state index is 0.186. The van der Waals surface area contributed by atoms with Crippen LogP contribution in [0.25, 0.3) is 0 Å². The van der Waals surface area contributed by atoms with E-state index in [0.717, 1.165) is 17.3 Å². The van der Waals surface area contributed by atoms with Crippen molar-refractivity contribution in [1.29, 1.82) is 0 Å². The molecule has 1 heterocycles. The van der Waals surface area contributed by atoms with Crippen molar-refractivity contribution in [3.05, 3.63) is 52.8 Å². The fraction of sp³-hybridized carbons (Fsp3) is 0.357. The van der Waals surface area contributed by atoms with E-state index in [1.807, 2.05) is 30.3 Å². The Morgan fingerprint density at radius 2 is 2.05 bits per heavy atom. The molecule has 1 aromatic heterocycles. The van der Waals surface area contributed by atoms with Crippen LogP contribution in [0, 0.1) is 0 Å². The normalized spacial score (nSPS) is 12.8. The summed E-state index contributed by atoms with van der Waals surface area (Å²) in [6.07, 6.45) is 1.76. The van der Waals surface area contributed by atoms with Gasteiger partial charge in [-0.3, -0.25) is 10.00 Å². The zero-order valence-electron chi connectivity index (χ0n) is 11.1. The number of ether oxygens (including phenoxy) is 1. The van der Waals surface area contributed by atoms with Gasteiger partial charge in [0.2, 0.25) is 0 Å². The van der Waals surface area contributed by atoms with Gasteiger partial charge in [0.1, 0.15) is 0 Å². The van der Waals surface area contributed by atoms with Crippen LogP contribution >= 0.6 is 11.6 Å². The molecule has 1 aromatic carbocycles. The van der Waals surface area contributed by atoms with Crippen LogP contribution in [0.15, 0.2) is 36.5 Å². The molecule has 0 radical (unpaired) electrons. The maximum absolute atomic E-state index is 5.93. The highest BCUT2D eigenvalue weighted by molar-refractivity contribution is 6.30. The molecule has 2 rings (SSSR count). The molecule has 1 atom stereocenters. The monoisotopic (exact) mass is 279 g/mol. The van der Waals surface area contributed by atoms with Crippen molar-refractivity contribution in [2.45, 2.75) is 12.6 Å². The smallest absolute Gasteiger partial charge is 0.0659 e. The minimum Gasteiger partial charge on any atom is -0.383 e. The lowest BCUT2D eigenvalue weighted by Gasteiger charge is -2.27. The van der Waals surface area contributed by atoms with Gasteiger partial charge in [0.15, 0.2) is 0 Å². The van der Waals surface area contributed by atoms with Gasteiger partial charge >= 0.3 is 0 Å². The first-order valence-electron chi connectivity index (χ1n) is 6.13. The Balaban J connectivity index is 2.12.